The van der Waals surface area contributed by atoms with Crippen LogP contribution in [-0.2, 0) is 32.6 Å². The number of aryl methyl sites for hydroxylation is 1. The highest BCUT2D eigenvalue weighted by atomic mass is 32.2. The lowest BCUT2D eigenvalue weighted by atomic mass is 10.0. The minimum absolute atomic E-state index is 0.108. The molecule has 0 radical (unpaired) electrons. The van der Waals surface area contributed by atoms with E-state index in [2.05, 4.69) is 5.32 Å². The molecular formula is C32H41N3O6S. The van der Waals surface area contributed by atoms with Crippen molar-refractivity contribution in [2.24, 2.45) is 0 Å². The van der Waals surface area contributed by atoms with Crippen LogP contribution in [0.1, 0.15) is 37.0 Å². The number of hydrogen-bond donors (Lipinski definition) is 1. The first-order valence-electron chi connectivity index (χ1n) is 13.9. The smallest absolute Gasteiger partial charge is 0.244 e. The Labute approximate surface area is 249 Å². The van der Waals surface area contributed by atoms with Gasteiger partial charge in [-0.1, -0.05) is 67.1 Å². The molecule has 0 heterocycles. The van der Waals surface area contributed by atoms with Crippen LogP contribution in [0.3, 0.4) is 0 Å². The van der Waals surface area contributed by atoms with E-state index in [4.69, 9.17) is 9.47 Å². The van der Waals surface area contributed by atoms with Crippen LogP contribution < -0.4 is 19.1 Å². The van der Waals surface area contributed by atoms with E-state index in [1.807, 2.05) is 75.4 Å². The number of amides is 2. The molecule has 226 valence electrons. The van der Waals surface area contributed by atoms with Crippen LogP contribution in [0, 0.1) is 6.92 Å². The van der Waals surface area contributed by atoms with E-state index in [0.717, 1.165) is 33.7 Å². The second-order valence-electron chi connectivity index (χ2n) is 10.3. The van der Waals surface area contributed by atoms with Gasteiger partial charge in [0.2, 0.25) is 21.8 Å². The van der Waals surface area contributed by atoms with Gasteiger partial charge in [0.05, 0.1) is 26.2 Å². The number of ether oxygens (including phenoxy) is 2. The fraction of sp³-hybridized carbons (Fsp3) is 0.375. The maximum atomic E-state index is 14.2. The van der Waals surface area contributed by atoms with Crippen molar-refractivity contribution in [2.45, 2.75) is 52.2 Å². The first kappa shape index (κ1) is 32.5. The van der Waals surface area contributed by atoms with Gasteiger partial charge in [0.15, 0.2) is 0 Å². The molecule has 0 saturated heterocycles. The van der Waals surface area contributed by atoms with Gasteiger partial charge in [-0.15, -0.1) is 0 Å². The largest absolute Gasteiger partial charge is 0.497 e. The zero-order chi connectivity index (χ0) is 30.9. The van der Waals surface area contributed by atoms with Crippen LogP contribution in [0.4, 0.5) is 5.69 Å². The van der Waals surface area contributed by atoms with Crippen molar-refractivity contribution in [3.05, 3.63) is 89.5 Å². The molecule has 0 saturated carbocycles. The minimum atomic E-state index is -3.94. The topological polar surface area (TPSA) is 105 Å². The van der Waals surface area contributed by atoms with Crippen molar-refractivity contribution in [3.63, 3.8) is 0 Å². The van der Waals surface area contributed by atoms with Gasteiger partial charge in [-0.3, -0.25) is 13.9 Å². The number of anilines is 1. The predicted molar refractivity (Wildman–Crippen MR) is 165 cm³/mol. The highest BCUT2D eigenvalue weighted by Gasteiger charge is 2.34. The number of carbonyl (C=O) groups is 2. The van der Waals surface area contributed by atoms with E-state index in [-0.39, 0.29) is 36.4 Å². The monoisotopic (exact) mass is 595 g/mol. The molecule has 10 heteroatoms. The lowest BCUT2D eigenvalue weighted by molar-refractivity contribution is -0.140. The summed E-state index contributed by atoms with van der Waals surface area (Å²) in [7, 11) is -1.03. The van der Waals surface area contributed by atoms with Crippen LogP contribution in [0.2, 0.25) is 0 Å². The Balaban J connectivity index is 2.09. The third-order valence-electron chi connectivity index (χ3n) is 7.08. The zero-order valence-corrected chi connectivity index (χ0v) is 26.0. The molecule has 42 heavy (non-hydrogen) atoms. The number of sulfonamides is 1. The fourth-order valence-electron chi connectivity index (χ4n) is 4.47. The maximum Gasteiger partial charge on any atom is 0.244 e. The minimum Gasteiger partial charge on any atom is -0.497 e. The summed E-state index contributed by atoms with van der Waals surface area (Å²) >= 11 is 0. The summed E-state index contributed by atoms with van der Waals surface area (Å²) in [6, 6.07) is 20.8. The first-order valence-corrected chi connectivity index (χ1v) is 15.7. The molecule has 3 rings (SSSR count). The van der Waals surface area contributed by atoms with E-state index < -0.39 is 28.5 Å². The number of nitrogens with one attached hydrogen (secondary N) is 1. The first-order chi connectivity index (χ1) is 20.0. The van der Waals surface area contributed by atoms with Gasteiger partial charge in [0, 0.05) is 25.1 Å². The van der Waals surface area contributed by atoms with Gasteiger partial charge in [-0.25, -0.2) is 8.42 Å². The Hall–Kier alpha value is -4.05. The molecule has 9 nitrogen and oxygen atoms in total. The number of rotatable bonds is 14. The molecule has 0 aromatic heterocycles. The number of carbonyl (C=O) groups excluding carboxylic acids is 2. The Bertz CT molecular complexity index is 1440. The molecule has 2 unspecified atom stereocenters. The van der Waals surface area contributed by atoms with Crippen molar-refractivity contribution in [2.75, 3.05) is 31.3 Å². The number of nitrogens with zero attached hydrogens (tertiary/aromatic N) is 2. The summed E-state index contributed by atoms with van der Waals surface area (Å²) in [5, 5.41) is 3.03. The third-order valence-corrected chi connectivity index (χ3v) is 8.21. The molecule has 1 N–H and O–H groups in total. The Morgan fingerprint density at radius 3 is 2.17 bits per heavy atom. The Kier molecular flexibility index (Phi) is 11.4. The normalized spacial score (nSPS) is 12.6. The van der Waals surface area contributed by atoms with Crippen LogP contribution in [-0.4, -0.2) is 64.2 Å². The van der Waals surface area contributed by atoms with Gasteiger partial charge < -0.3 is 19.7 Å². The second-order valence-corrected chi connectivity index (χ2v) is 12.2. The zero-order valence-electron chi connectivity index (χ0n) is 25.2. The molecule has 3 aromatic rings. The Morgan fingerprint density at radius 1 is 0.929 bits per heavy atom. The summed E-state index contributed by atoms with van der Waals surface area (Å²) in [4.78, 5) is 29.5. The van der Waals surface area contributed by atoms with Crippen molar-refractivity contribution in [1.29, 1.82) is 0 Å². The van der Waals surface area contributed by atoms with E-state index in [9.17, 15) is 18.0 Å². The molecular weight excluding hydrogens is 554 g/mol. The molecule has 0 bridgehead atoms. The number of benzene rings is 3. The molecule has 0 fully saturated rings. The average molecular weight is 596 g/mol. The van der Waals surface area contributed by atoms with Crippen LogP contribution in [0.25, 0.3) is 0 Å². The summed E-state index contributed by atoms with van der Waals surface area (Å²) in [6.07, 6.45) is 2.01. The van der Waals surface area contributed by atoms with Crippen molar-refractivity contribution < 1.29 is 27.5 Å². The number of hydrogen-bond acceptors (Lipinski definition) is 6. The highest BCUT2D eigenvalue weighted by Crippen LogP contribution is 2.33. The molecule has 0 aliphatic carbocycles. The molecule has 2 atom stereocenters. The third kappa shape index (κ3) is 8.72. The SMILES string of the molecule is CCC(C)NC(=O)C(Cc1ccccc1)N(Cc1ccc(C)cc1)C(=O)CN(c1ccc(OC)cc1OC)S(C)(=O)=O. The number of methoxy groups -OCH3 is 2. The summed E-state index contributed by atoms with van der Waals surface area (Å²) < 4.78 is 37.9. The standard InChI is InChI=1S/C32H41N3O6S/c1-7-24(3)33-32(37)29(19-25-11-9-8-10-12-25)34(21-26-15-13-23(2)14-16-26)31(36)22-35(42(6,38)39)28-18-17-27(40-4)20-30(28)41-5/h8-18,20,24,29H,7,19,21-22H2,1-6H3,(H,33,37). The summed E-state index contributed by atoms with van der Waals surface area (Å²) in [5.74, 6) is -0.130. The lowest BCUT2D eigenvalue weighted by Crippen LogP contribution is -2.54. The van der Waals surface area contributed by atoms with Gasteiger partial charge in [0.25, 0.3) is 0 Å². The quantitative estimate of drug-likeness (QED) is 0.298. The van der Waals surface area contributed by atoms with E-state index in [1.54, 1.807) is 12.1 Å². The van der Waals surface area contributed by atoms with Gasteiger partial charge in [-0.05, 0) is 43.5 Å². The van der Waals surface area contributed by atoms with Gasteiger partial charge in [-0.2, -0.15) is 0 Å². The summed E-state index contributed by atoms with van der Waals surface area (Å²) in [5.41, 5.74) is 2.94. The molecule has 0 spiro atoms. The molecule has 0 aliphatic rings. The van der Waals surface area contributed by atoms with Crippen LogP contribution in [0.5, 0.6) is 11.5 Å². The molecule has 2 amide bonds. The lowest BCUT2D eigenvalue weighted by Gasteiger charge is -2.34. The molecule has 3 aromatic carbocycles. The predicted octanol–water partition coefficient (Wildman–Crippen LogP) is 4.33. The van der Waals surface area contributed by atoms with Gasteiger partial charge in [0.1, 0.15) is 24.1 Å². The van der Waals surface area contributed by atoms with Crippen LogP contribution >= 0.6 is 0 Å². The maximum absolute atomic E-state index is 14.2. The van der Waals surface area contributed by atoms with Crippen LogP contribution in [0.15, 0.2) is 72.8 Å². The van der Waals surface area contributed by atoms with E-state index in [0.29, 0.717) is 5.75 Å². The summed E-state index contributed by atoms with van der Waals surface area (Å²) in [6.45, 7) is 5.43. The van der Waals surface area contributed by atoms with E-state index in [1.165, 1.54) is 25.2 Å². The second kappa shape index (κ2) is 14.7. The fourth-order valence-corrected chi connectivity index (χ4v) is 5.32. The van der Waals surface area contributed by atoms with Crippen molar-refractivity contribution in [1.82, 2.24) is 10.2 Å². The highest BCUT2D eigenvalue weighted by molar-refractivity contribution is 7.92. The van der Waals surface area contributed by atoms with E-state index >= 15 is 0 Å². The van der Waals surface area contributed by atoms with Crippen molar-refractivity contribution in [3.8, 4) is 11.5 Å². The van der Waals surface area contributed by atoms with Crippen molar-refractivity contribution >= 4 is 27.5 Å². The average Bonchev–Trinajstić information content (AvgIpc) is 2.98. The van der Waals surface area contributed by atoms with Gasteiger partial charge >= 0.3 is 0 Å². The Morgan fingerprint density at radius 2 is 1.60 bits per heavy atom. The molecule has 0 aliphatic heterocycles.